The summed E-state index contributed by atoms with van der Waals surface area (Å²) >= 11 is 0. The van der Waals surface area contributed by atoms with Crippen molar-refractivity contribution in [3.05, 3.63) is 156 Å². The zero-order valence-corrected chi connectivity index (χ0v) is 43.1. The summed E-state index contributed by atoms with van der Waals surface area (Å²) in [5, 5.41) is 51.6. The predicted molar refractivity (Wildman–Crippen MR) is 301 cm³/mol. The maximum absolute atomic E-state index is 11.5. The van der Waals surface area contributed by atoms with Gasteiger partial charge in [-0.3, -0.25) is 9.80 Å². The summed E-state index contributed by atoms with van der Waals surface area (Å²) in [4.78, 5) is 9.95. The van der Waals surface area contributed by atoms with E-state index >= 15 is 0 Å². The minimum atomic E-state index is -0.232. The van der Waals surface area contributed by atoms with Gasteiger partial charge in [-0.1, -0.05) is 72.8 Å². The Kier molecular flexibility index (Phi) is 13.0. The lowest BCUT2D eigenvalue weighted by Crippen LogP contribution is -2.46. The molecule has 0 aliphatic carbocycles. The maximum atomic E-state index is 11.5. The Morgan fingerprint density at radius 1 is 0.513 bits per heavy atom. The van der Waals surface area contributed by atoms with Gasteiger partial charge in [0.05, 0.1) is 22.8 Å². The Labute approximate surface area is 452 Å². The molecule has 0 saturated carbocycles. The number of piperidine rings is 2. The molecule has 18 nitrogen and oxygen atoms in total. The van der Waals surface area contributed by atoms with E-state index in [4.69, 9.17) is 26.7 Å². The molecule has 5 fully saturated rings. The van der Waals surface area contributed by atoms with Crippen LogP contribution in [0.1, 0.15) is 48.3 Å². The summed E-state index contributed by atoms with van der Waals surface area (Å²) in [6, 6.07) is 46.9. The van der Waals surface area contributed by atoms with Crippen LogP contribution in [0, 0.1) is 0 Å². The van der Waals surface area contributed by atoms with Crippen molar-refractivity contribution in [2.24, 2.45) is 0 Å². The van der Waals surface area contributed by atoms with Crippen LogP contribution < -0.4 is 41.8 Å². The van der Waals surface area contributed by atoms with Crippen LogP contribution in [0.4, 0.5) is 28.8 Å². The summed E-state index contributed by atoms with van der Waals surface area (Å²) in [6.45, 7) is 6.65. The molecule has 8 aromatic rings. The van der Waals surface area contributed by atoms with E-state index in [9.17, 15) is 10.2 Å². The fraction of sp³-hybridized carbons (Fsp3) is 0.300. The smallest absolute Gasteiger partial charge is 0.188 e. The highest BCUT2D eigenvalue weighted by molar-refractivity contribution is 5.77. The van der Waals surface area contributed by atoms with E-state index in [-0.39, 0.29) is 35.4 Å². The number of nitrogen functional groups attached to an aromatic ring is 3. The molecule has 4 bridgehead atoms. The molecule has 78 heavy (non-hydrogen) atoms. The van der Waals surface area contributed by atoms with Crippen LogP contribution >= 0.6 is 0 Å². The van der Waals surface area contributed by atoms with Crippen LogP contribution in [-0.4, -0.2) is 120 Å². The number of nitrogens with one attached hydrogen (secondary N) is 1. The fourth-order valence-corrected chi connectivity index (χ4v) is 12.6. The second kappa shape index (κ2) is 20.8. The quantitative estimate of drug-likeness (QED) is 0.0608. The minimum absolute atomic E-state index is 0.0447. The van der Waals surface area contributed by atoms with Crippen molar-refractivity contribution in [1.82, 2.24) is 45.7 Å². The minimum Gasteiger partial charge on any atom is -0.507 e. The number of aromatic hydroxyl groups is 2. The number of ether oxygens (including phenoxy) is 2. The van der Waals surface area contributed by atoms with E-state index < -0.39 is 0 Å². The Bertz CT molecular complexity index is 3500. The van der Waals surface area contributed by atoms with Gasteiger partial charge in [0.2, 0.25) is 0 Å². The summed E-state index contributed by atoms with van der Waals surface area (Å²) in [6.07, 6.45) is 3.62. The van der Waals surface area contributed by atoms with E-state index in [0.717, 1.165) is 98.0 Å². The second-order valence-electron chi connectivity index (χ2n) is 21.4. The number of benzene rings is 5. The number of piperazine rings is 1. The zero-order valence-electron chi connectivity index (χ0n) is 43.1. The van der Waals surface area contributed by atoms with Gasteiger partial charge in [-0.15, -0.1) is 30.6 Å². The van der Waals surface area contributed by atoms with Crippen molar-refractivity contribution >= 4 is 28.8 Å². The standard InChI is InChI=1S/C60H62N14O4/c61-58-52(73-34-41-24-40(73)19-20-71(41)31-36-9-2-1-3-10-36)27-50(66-69-58)48-14-5-7-16-56(48)77-44-12-8-11-37(21-44)32-72-33-43-25-42(72)35-74(43)53-26-49(65-68-59(53)62)47-18-17-38(23-55(47)76)39-22-45(30-64-29-39)78-57-28-51(67-70-60(57)63)46-13-4-6-15-54(46)75/h1-18,21,23,26-28,39-43,45,64,75-76H,19-20,22,24-25,29-35H2,(H2,61,69)(H2,62,68)(H2,63,70)/t39?,40-,41+,42+,43+,45?/m1/s1. The lowest BCUT2D eigenvalue weighted by atomic mass is 9.89. The largest absolute Gasteiger partial charge is 0.507 e. The molecule has 0 spiro atoms. The van der Waals surface area contributed by atoms with Crippen molar-refractivity contribution in [2.45, 2.75) is 75.0 Å². The van der Waals surface area contributed by atoms with Crippen LogP contribution in [0.3, 0.4) is 0 Å². The average molecular weight is 1040 g/mol. The Morgan fingerprint density at radius 2 is 1.15 bits per heavy atom. The molecule has 5 saturated heterocycles. The molecule has 396 valence electrons. The highest BCUT2D eigenvalue weighted by atomic mass is 16.5. The van der Waals surface area contributed by atoms with Crippen LogP contribution in [0.5, 0.6) is 28.7 Å². The molecular weight excluding hydrogens is 981 g/mol. The molecule has 8 heterocycles. The summed E-state index contributed by atoms with van der Waals surface area (Å²) in [7, 11) is 0. The van der Waals surface area contributed by atoms with Gasteiger partial charge in [0.25, 0.3) is 0 Å². The van der Waals surface area contributed by atoms with Crippen molar-refractivity contribution in [2.75, 3.05) is 66.3 Å². The van der Waals surface area contributed by atoms with E-state index in [0.29, 0.717) is 83.3 Å². The summed E-state index contributed by atoms with van der Waals surface area (Å²) in [5.41, 5.74) is 28.3. The lowest BCUT2D eigenvalue weighted by molar-refractivity contribution is 0.156. The molecule has 18 heteroatoms. The van der Waals surface area contributed by atoms with E-state index in [1.807, 2.05) is 54.6 Å². The van der Waals surface area contributed by atoms with Crippen molar-refractivity contribution in [3.63, 3.8) is 0 Å². The second-order valence-corrected chi connectivity index (χ2v) is 21.4. The number of nitrogens with zero attached hydrogens (tertiary/aromatic N) is 10. The number of aromatic nitrogens is 6. The molecule has 2 unspecified atom stereocenters. The first-order valence-corrected chi connectivity index (χ1v) is 26.9. The fourth-order valence-electron chi connectivity index (χ4n) is 12.6. The van der Waals surface area contributed by atoms with Gasteiger partial charge < -0.3 is 52.0 Å². The van der Waals surface area contributed by atoms with Crippen LogP contribution in [0.2, 0.25) is 0 Å². The van der Waals surface area contributed by atoms with E-state index in [2.05, 4.69) is 110 Å². The number of hydrogen-bond donors (Lipinski definition) is 6. The molecule has 0 amide bonds. The third-order valence-corrected chi connectivity index (χ3v) is 16.5. The third kappa shape index (κ3) is 9.78. The normalized spacial score (nSPS) is 22.0. The molecule has 9 N–H and O–H groups in total. The first-order chi connectivity index (χ1) is 38.1. The Morgan fingerprint density at radius 3 is 1.92 bits per heavy atom. The van der Waals surface area contributed by atoms with Crippen molar-refractivity contribution in [1.29, 1.82) is 0 Å². The van der Waals surface area contributed by atoms with Crippen LogP contribution in [0.25, 0.3) is 33.8 Å². The number of phenols is 2. The highest BCUT2D eigenvalue weighted by Crippen LogP contribution is 2.43. The van der Waals surface area contributed by atoms with Crippen LogP contribution in [0.15, 0.2) is 140 Å². The molecule has 3 aromatic heterocycles. The Balaban J connectivity index is 0.644. The number of nitrogens with two attached hydrogens (primary N) is 3. The summed E-state index contributed by atoms with van der Waals surface area (Å²) in [5.74, 6) is 3.07. The summed E-state index contributed by atoms with van der Waals surface area (Å²) < 4.78 is 13.1. The van der Waals surface area contributed by atoms with Gasteiger partial charge in [0.15, 0.2) is 23.2 Å². The van der Waals surface area contributed by atoms with Gasteiger partial charge in [-0.2, -0.15) is 0 Å². The highest BCUT2D eigenvalue weighted by Gasteiger charge is 2.44. The van der Waals surface area contributed by atoms with Crippen molar-refractivity contribution < 1.29 is 19.7 Å². The number of hydrogen-bond acceptors (Lipinski definition) is 18. The monoisotopic (exact) mass is 1040 g/mol. The molecule has 5 aromatic carbocycles. The van der Waals surface area contributed by atoms with Gasteiger partial charge in [0, 0.05) is 105 Å². The third-order valence-electron chi connectivity index (χ3n) is 16.5. The lowest BCUT2D eigenvalue weighted by Gasteiger charge is -2.36. The molecule has 5 aliphatic rings. The molecule has 6 atom stereocenters. The average Bonchev–Trinajstić information content (AvgIpc) is 4.17. The van der Waals surface area contributed by atoms with Gasteiger partial charge in [-0.05, 0) is 103 Å². The number of fused-ring (bicyclic) bond motifs is 4. The van der Waals surface area contributed by atoms with Gasteiger partial charge in [-0.25, -0.2) is 0 Å². The SMILES string of the molecule is Nc1nnc(-c2ccccc2O)cc1OC1CNCC(c2ccc(-c3cc(N4C[C@@H]5C[C@H]4CN5Cc4cccc(Oc5ccccc5-c5cc(N6C[C@@H]7C[C@H]6CCN7Cc6ccccc6)c(N)nn5)c4)c(N)nn3)c(O)c2)C1. The molecule has 0 radical (unpaired) electrons. The number of rotatable bonds is 14. The number of anilines is 5. The molecule has 5 aliphatic heterocycles. The Hall–Kier alpha value is -8.58. The molecule has 13 rings (SSSR count). The first-order valence-electron chi connectivity index (χ1n) is 26.9. The zero-order chi connectivity index (χ0) is 52.9. The predicted octanol–water partition coefficient (Wildman–Crippen LogP) is 7.85. The number of phenolic OH excluding ortho intramolecular Hbond substituents is 2. The molecular formula is C60H62N14O4. The first kappa shape index (κ1) is 49.0. The topological polar surface area (TPSA) is 239 Å². The van der Waals surface area contributed by atoms with Crippen molar-refractivity contribution in [3.8, 4) is 62.5 Å². The number of likely N-dealkylation sites (tertiary alicyclic amines) is 2. The number of para-hydroxylation sites is 2. The maximum Gasteiger partial charge on any atom is 0.188 e. The van der Waals surface area contributed by atoms with Gasteiger partial charge in [0.1, 0.15) is 34.8 Å². The van der Waals surface area contributed by atoms with Gasteiger partial charge >= 0.3 is 0 Å². The van der Waals surface area contributed by atoms with E-state index in [1.165, 1.54) is 5.56 Å². The van der Waals surface area contributed by atoms with Crippen LogP contribution in [-0.2, 0) is 13.1 Å². The van der Waals surface area contributed by atoms with E-state index in [1.54, 1.807) is 30.3 Å².